The van der Waals surface area contributed by atoms with E-state index in [1.54, 1.807) is 0 Å². The molecule has 18 heavy (non-hydrogen) atoms. The Kier molecular flexibility index (Phi) is 5.07. The molecule has 0 aliphatic carbocycles. The minimum Gasteiger partial charge on any atom is -0.481 e. The topological polar surface area (TPSA) is 52.6 Å². The van der Waals surface area contributed by atoms with Crippen molar-refractivity contribution in [1.82, 2.24) is 10.2 Å². The van der Waals surface area contributed by atoms with Gasteiger partial charge in [-0.3, -0.25) is 9.69 Å². The lowest BCUT2D eigenvalue weighted by molar-refractivity contribution is -0.142. The van der Waals surface area contributed by atoms with Gasteiger partial charge < -0.3 is 10.4 Å². The van der Waals surface area contributed by atoms with Crippen molar-refractivity contribution in [3.63, 3.8) is 0 Å². The van der Waals surface area contributed by atoms with E-state index in [-0.39, 0.29) is 5.92 Å². The Bertz CT molecular complexity index is 282. The Balaban J connectivity index is 1.92. The van der Waals surface area contributed by atoms with Gasteiger partial charge in [0.25, 0.3) is 0 Å². The van der Waals surface area contributed by atoms with Crippen LogP contribution in [0.15, 0.2) is 0 Å². The number of likely N-dealkylation sites (tertiary alicyclic amines) is 1. The summed E-state index contributed by atoms with van der Waals surface area (Å²) >= 11 is 0. The number of hydrogen-bond acceptors (Lipinski definition) is 3. The van der Waals surface area contributed by atoms with Crippen molar-refractivity contribution in [3.05, 3.63) is 0 Å². The molecular formula is C13H23BN2O2. The fourth-order valence-electron chi connectivity index (χ4n) is 3.33. The molecule has 0 aromatic rings. The van der Waals surface area contributed by atoms with Gasteiger partial charge in [0.05, 0.1) is 13.8 Å². The molecule has 2 saturated heterocycles. The first-order chi connectivity index (χ1) is 8.72. The van der Waals surface area contributed by atoms with Crippen LogP contribution in [0.3, 0.4) is 0 Å². The first kappa shape index (κ1) is 13.9. The van der Waals surface area contributed by atoms with Crippen LogP contribution in [0.2, 0.25) is 6.32 Å². The summed E-state index contributed by atoms with van der Waals surface area (Å²) in [6, 6.07) is 0.580. The highest BCUT2D eigenvalue weighted by molar-refractivity contribution is 6.08. The van der Waals surface area contributed by atoms with Gasteiger partial charge >= 0.3 is 5.97 Å². The number of piperidine rings is 1. The average Bonchev–Trinajstić information content (AvgIpc) is 2.81. The molecule has 2 aliphatic heterocycles. The number of carboxylic acids is 1. The Morgan fingerprint density at radius 1 is 1.33 bits per heavy atom. The van der Waals surface area contributed by atoms with Gasteiger partial charge in [0.15, 0.2) is 0 Å². The lowest BCUT2D eigenvalue weighted by Gasteiger charge is -2.31. The maximum atomic E-state index is 11.3. The highest BCUT2D eigenvalue weighted by Crippen LogP contribution is 2.31. The highest BCUT2D eigenvalue weighted by atomic mass is 16.4. The normalized spacial score (nSPS) is 30.7. The molecule has 5 heteroatoms. The summed E-state index contributed by atoms with van der Waals surface area (Å²) in [7, 11) is 5.54. The van der Waals surface area contributed by atoms with Crippen LogP contribution >= 0.6 is 0 Å². The standard InChI is InChI=1S/C13H23BN2O2/c14-5-1-2-10-8-16(9-12(10)13(17)18)11-3-6-15-7-4-11/h10-12,15H,1-9H2,(H,17,18)/t10-,12+/m0/s1. The third-order valence-electron chi connectivity index (χ3n) is 4.39. The Morgan fingerprint density at radius 3 is 2.67 bits per heavy atom. The molecule has 2 rings (SSSR count). The Hall–Kier alpha value is -0.545. The van der Waals surface area contributed by atoms with E-state index >= 15 is 0 Å². The van der Waals surface area contributed by atoms with Gasteiger partial charge in [-0.1, -0.05) is 12.7 Å². The molecular weight excluding hydrogens is 227 g/mol. The third kappa shape index (κ3) is 3.26. The SMILES string of the molecule is [B]CCC[C@H]1CN(C2CCNCC2)C[C@H]1C(=O)O. The third-order valence-corrected chi connectivity index (χ3v) is 4.39. The molecule has 2 atom stereocenters. The Labute approximate surface area is 111 Å². The van der Waals surface area contributed by atoms with Gasteiger partial charge in [-0.05, 0) is 38.3 Å². The first-order valence-electron chi connectivity index (χ1n) is 7.10. The fraction of sp³-hybridized carbons (Fsp3) is 0.923. The second-order valence-corrected chi connectivity index (χ2v) is 5.57. The molecule has 0 bridgehead atoms. The van der Waals surface area contributed by atoms with Crippen molar-refractivity contribution in [2.75, 3.05) is 26.2 Å². The zero-order valence-corrected chi connectivity index (χ0v) is 11.0. The maximum absolute atomic E-state index is 11.3. The maximum Gasteiger partial charge on any atom is 0.308 e. The van der Waals surface area contributed by atoms with Gasteiger partial charge in [0.2, 0.25) is 0 Å². The summed E-state index contributed by atoms with van der Waals surface area (Å²) in [6.45, 7) is 3.80. The van der Waals surface area contributed by atoms with Gasteiger partial charge in [0.1, 0.15) is 0 Å². The number of carboxylic acid groups (broad SMARTS) is 1. The molecule has 0 saturated carbocycles. The second-order valence-electron chi connectivity index (χ2n) is 5.57. The van der Waals surface area contributed by atoms with E-state index in [0.29, 0.717) is 18.3 Å². The molecule has 4 nitrogen and oxygen atoms in total. The quantitative estimate of drug-likeness (QED) is 0.706. The molecule has 0 unspecified atom stereocenters. The average molecular weight is 250 g/mol. The second kappa shape index (κ2) is 6.57. The number of nitrogens with zero attached hydrogens (tertiary/aromatic N) is 1. The monoisotopic (exact) mass is 250 g/mol. The molecule has 100 valence electrons. The predicted octanol–water partition coefficient (Wildman–Crippen LogP) is 0.738. The van der Waals surface area contributed by atoms with Crippen LogP contribution in [0.25, 0.3) is 0 Å². The van der Waals surface area contributed by atoms with Gasteiger partial charge in [-0.25, -0.2) is 0 Å². The predicted molar refractivity (Wildman–Crippen MR) is 71.9 cm³/mol. The van der Waals surface area contributed by atoms with Crippen LogP contribution in [0, 0.1) is 11.8 Å². The lowest BCUT2D eigenvalue weighted by atomic mass is 9.88. The fourth-order valence-corrected chi connectivity index (χ4v) is 3.33. The van der Waals surface area contributed by atoms with Crippen molar-refractivity contribution in [1.29, 1.82) is 0 Å². The van der Waals surface area contributed by atoms with Crippen molar-refractivity contribution < 1.29 is 9.90 Å². The van der Waals surface area contributed by atoms with Crippen LogP contribution in [-0.4, -0.2) is 56.0 Å². The van der Waals surface area contributed by atoms with Crippen LogP contribution in [-0.2, 0) is 4.79 Å². The summed E-state index contributed by atoms with van der Waals surface area (Å²) in [4.78, 5) is 13.7. The largest absolute Gasteiger partial charge is 0.481 e. The number of carbonyl (C=O) groups is 1. The smallest absolute Gasteiger partial charge is 0.308 e. The molecule has 0 amide bonds. The zero-order valence-electron chi connectivity index (χ0n) is 11.0. The Morgan fingerprint density at radius 2 is 2.06 bits per heavy atom. The molecule has 0 aromatic carbocycles. The van der Waals surface area contributed by atoms with Gasteiger partial charge in [-0.15, -0.1) is 0 Å². The number of aliphatic carboxylic acids is 1. The van der Waals surface area contributed by atoms with Crippen molar-refractivity contribution in [2.24, 2.45) is 11.8 Å². The first-order valence-corrected chi connectivity index (χ1v) is 7.10. The van der Waals surface area contributed by atoms with Crippen LogP contribution in [0.1, 0.15) is 25.7 Å². The van der Waals surface area contributed by atoms with Gasteiger partial charge in [-0.2, -0.15) is 0 Å². The van der Waals surface area contributed by atoms with Crippen LogP contribution in [0.4, 0.5) is 0 Å². The van der Waals surface area contributed by atoms with E-state index in [4.69, 9.17) is 7.85 Å². The lowest BCUT2D eigenvalue weighted by Crippen LogP contribution is -2.42. The summed E-state index contributed by atoms with van der Waals surface area (Å²) in [6.07, 6.45) is 4.85. The van der Waals surface area contributed by atoms with E-state index in [1.165, 1.54) is 0 Å². The minimum absolute atomic E-state index is 0.188. The molecule has 2 radical (unpaired) electrons. The summed E-state index contributed by atoms with van der Waals surface area (Å²) in [5.74, 6) is -0.527. The molecule has 2 aliphatic rings. The molecule has 2 heterocycles. The van der Waals surface area contributed by atoms with Crippen LogP contribution < -0.4 is 5.32 Å². The van der Waals surface area contributed by atoms with E-state index in [9.17, 15) is 9.90 Å². The van der Waals surface area contributed by atoms with E-state index in [1.807, 2.05) is 0 Å². The minimum atomic E-state index is -0.631. The van der Waals surface area contributed by atoms with Crippen molar-refractivity contribution >= 4 is 13.8 Å². The number of hydrogen-bond donors (Lipinski definition) is 2. The van der Waals surface area contributed by atoms with Crippen LogP contribution in [0.5, 0.6) is 0 Å². The summed E-state index contributed by atoms with van der Waals surface area (Å²) in [5.41, 5.74) is 0. The number of nitrogens with one attached hydrogen (secondary N) is 1. The van der Waals surface area contributed by atoms with E-state index < -0.39 is 5.97 Å². The van der Waals surface area contributed by atoms with E-state index in [0.717, 1.165) is 51.9 Å². The summed E-state index contributed by atoms with van der Waals surface area (Å²) in [5, 5.41) is 12.7. The molecule has 2 N–H and O–H groups in total. The highest BCUT2D eigenvalue weighted by Gasteiger charge is 2.39. The summed E-state index contributed by atoms with van der Waals surface area (Å²) < 4.78 is 0. The van der Waals surface area contributed by atoms with Crippen molar-refractivity contribution in [3.8, 4) is 0 Å². The van der Waals surface area contributed by atoms with Crippen molar-refractivity contribution in [2.45, 2.75) is 38.0 Å². The molecule has 2 fully saturated rings. The van der Waals surface area contributed by atoms with Gasteiger partial charge in [0, 0.05) is 19.1 Å². The number of rotatable bonds is 5. The molecule has 0 aromatic heterocycles. The molecule has 0 spiro atoms. The zero-order chi connectivity index (χ0) is 13.0. The van der Waals surface area contributed by atoms with E-state index in [2.05, 4.69) is 10.2 Å².